The van der Waals surface area contributed by atoms with Gasteiger partial charge in [-0.3, -0.25) is 4.79 Å². The standard InChI is InChI=1S/C39H33FO8/c1-25(24-36(41)45-32-6-4-3-5-7-32)37(42)46-34-20-22-35(23-21-34)48-39(44)31-14-12-29(13-15-31)27-8-10-28(11-9-27)30-16-18-33(19-17-30)47-38(43)26(2)40/h8-23,32H,1-7,24H2. The first-order valence-electron chi connectivity index (χ1n) is 15.4. The van der Waals surface area contributed by atoms with Crippen LogP contribution in [0.4, 0.5) is 4.39 Å². The van der Waals surface area contributed by atoms with Gasteiger partial charge in [-0.15, -0.1) is 0 Å². The Kier molecular flexibility index (Phi) is 10.9. The van der Waals surface area contributed by atoms with Crippen LogP contribution in [0.5, 0.6) is 17.2 Å². The van der Waals surface area contributed by atoms with E-state index in [1.807, 2.05) is 36.4 Å². The van der Waals surface area contributed by atoms with Gasteiger partial charge in [-0.1, -0.05) is 68.1 Å². The molecule has 1 aliphatic carbocycles. The number of benzene rings is 4. The fourth-order valence-corrected chi connectivity index (χ4v) is 5.11. The summed E-state index contributed by atoms with van der Waals surface area (Å²) in [5, 5.41) is 0. The number of rotatable bonds is 11. The molecule has 1 saturated carbocycles. The van der Waals surface area contributed by atoms with Gasteiger partial charge >= 0.3 is 23.9 Å². The van der Waals surface area contributed by atoms with E-state index in [1.165, 1.54) is 24.3 Å². The third kappa shape index (κ3) is 9.13. The zero-order valence-electron chi connectivity index (χ0n) is 26.1. The highest BCUT2D eigenvalue weighted by Crippen LogP contribution is 2.28. The van der Waals surface area contributed by atoms with Gasteiger partial charge in [-0.25, -0.2) is 14.4 Å². The van der Waals surface area contributed by atoms with Crippen LogP contribution in [-0.4, -0.2) is 30.0 Å². The minimum absolute atomic E-state index is 0.00891. The molecule has 0 spiro atoms. The molecule has 0 amide bonds. The number of carbonyl (C=O) groups is 4. The predicted molar refractivity (Wildman–Crippen MR) is 177 cm³/mol. The molecule has 0 N–H and O–H groups in total. The molecule has 9 heteroatoms. The van der Waals surface area contributed by atoms with Crippen molar-refractivity contribution in [3.8, 4) is 39.5 Å². The molecule has 48 heavy (non-hydrogen) atoms. The van der Waals surface area contributed by atoms with Crippen LogP contribution in [0, 0.1) is 0 Å². The number of halogens is 1. The van der Waals surface area contributed by atoms with Crippen LogP contribution in [0.3, 0.4) is 0 Å². The van der Waals surface area contributed by atoms with E-state index in [0.717, 1.165) is 54.4 Å². The molecule has 8 nitrogen and oxygen atoms in total. The van der Waals surface area contributed by atoms with Crippen LogP contribution in [-0.2, 0) is 19.1 Å². The summed E-state index contributed by atoms with van der Waals surface area (Å²) in [6.07, 6.45) is 4.53. The number of carbonyl (C=O) groups excluding carboxylic acids is 4. The summed E-state index contributed by atoms with van der Waals surface area (Å²) in [6, 6.07) is 27.3. The monoisotopic (exact) mass is 648 g/mol. The largest absolute Gasteiger partial charge is 0.462 e. The fourth-order valence-electron chi connectivity index (χ4n) is 5.11. The lowest BCUT2D eigenvalue weighted by atomic mass is 9.98. The molecule has 0 unspecified atom stereocenters. The van der Waals surface area contributed by atoms with E-state index in [9.17, 15) is 23.6 Å². The Bertz CT molecular complexity index is 1800. The van der Waals surface area contributed by atoms with E-state index < -0.39 is 29.7 Å². The molecule has 0 radical (unpaired) electrons. The number of ether oxygens (including phenoxy) is 4. The SMILES string of the molecule is C=C(F)C(=O)Oc1ccc(-c2ccc(-c3ccc(C(=O)Oc4ccc(OC(=O)C(=C)CC(=O)OC5CCCCC5)cc4)cc3)cc2)cc1. The van der Waals surface area contributed by atoms with Crippen molar-refractivity contribution in [2.45, 2.75) is 44.6 Å². The fraction of sp³-hybridized carbons (Fsp3) is 0.179. The Morgan fingerprint density at radius 3 is 1.50 bits per heavy atom. The van der Waals surface area contributed by atoms with Gasteiger partial charge < -0.3 is 18.9 Å². The van der Waals surface area contributed by atoms with Crippen molar-refractivity contribution in [1.82, 2.24) is 0 Å². The average Bonchev–Trinajstić information content (AvgIpc) is 3.10. The highest BCUT2D eigenvalue weighted by atomic mass is 19.1. The van der Waals surface area contributed by atoms with Gasteiger partial charge in [0.1, 0.15) is 23.4 Å². The molecular formula is C39H33FO8. The molecule has 0 aromatic heterocycles. The second kappa shape index (κ2) is 15.6. The molecular weight excluding hydrogens is 615 g/mol. The van der Waals surface area contributed by atoms with Crippen LogP contribution in [0.2, 0.25) is 0 Å². The van der Waals surface area contributed by atoms with Crippen LogP contribution in [0.1, 0.15) is 48.9 Å². The Labute approximate surface area is 277 Å². The summed E-state index contributed by atoms with van der Waals surface area (Å²) in [4.78, 5) is 48.7. The van der Waals surface area contributed by atoms with E-state index in [-0.39, 0.29) is 35.3 Å². The van der Waals surface area contributed by atoms with E-state index >= 15 is 0 Å². The topological polar surface area (TPSA) is 105 Å². The van der Waals surface area contributed by atoms with Crippen LogP contribution in [0.25, 0.3) is 22.3 Å². The molecule has 0 aliphatic heterocycles. The zero-order chi connectivity index (χ0) is 34.0. The van der Waals surface area contributed by atoms with Crippen molar-refractivity contribution in [3.05, 3.63) is 127 Å². The predicted octanol–water partition coefficient (Wildman–Crippen LogP) is 8.36. The Morgan fingerprint density at radius 1 is 0.583 bits per heavy atom. The summed E-state index contributed by atoms with van der Waals surface area (Å²) in [7, 11) is 0. The second-order valence-corrected chi connectivity index (χ2v) is 11.3. The molecule has 0 atom stereocenters. The Hall–Kier alpha value is -5.83. The van der Waals surface area contributed by atoms with Crippen molar-refractivity contribution in [2.24, 2.45) is 0 Å². The highest BCUT2D eigenvalue weighted by molar-refractivity contribution is 5.94. The lowest BCUT2D eigenvalue weighted by molar-refractivity contribution is -0.150. The molecule has 1 aliphatic rings. The molecule has 1 fully saturated rings. The third-order valence-corrected chi connectivity index (χ3v) is 7.70. The summed E-state index contributed by atoms with van der Waals surface area (Å²) in [6.45, 7) is 6.58. The molecule has 0 bridgehead atoms. The molecule has 5 rings (SSSR count). The normalized spacial score (nSPS) is 12.8. The minimum Gasteiger partial charge on any atom is -0.462 e. The van der Waals surface area contributed by atoms with Gasteiger partial charge in [0.25, 0.3) is 0 Å². The first-order chi connectivity index (χ1) is 23.1. The first kappa shape index (κ1) is 33.5. The van der Waals surface area contributed by atoms with Gasteiger partial charge in [0, 0.05) is 5.57 Å². The zero-order valence-corrected chi connectivity index (χ0v) is 26.1. The molecule has 0 heterocycles. The van der Waals surface area contributed by atoms with Crippen molar-refractivity contribution in [3.63, 3.8) is 0 Å². The number of esters is 4. The minimum atomic E-state index is -1.17. The maximum Gasteiger partial charge on any atom is 0.371 e. The van der Waals surface area contributed by atoms with E-state index in [2.05, 4.69) is 13.2 Å². The second-order valence-electron chi connectivity index (χ2n) is 11.3. The summed E-state index contributed by atoms with van der Waals surface area (Å²) < 4.78 is 34.0. The van der Waals surface area contributed by atoms with Gasteiger partial charge in [-0.05, 0) is 96.5 Å². The summed E-state index contributed by atoms with van der Waals surface area (Å²) in [5.41, 5.74) is 3.96. The number of hydrogen-bond acceptors (Lipinski definition) is 8. The van der Waals surface area contributed by atoms with Gasteiger partial charge in [0.15, 0.2) is 0 Å². The number of hydrogen-bond donors (Lipinski definition) is 0. The van der Waals surface area contributed by atoms with Crippen molar-refractivity contribution < 1.29 is 42.5 Å². The van der Waals surface area contributed by atoms with Crippen molar-refractivity contribution in [2.75, 3.05) is 0 Å². The third-order valence-electron chi connectivity index (χ3n) is 7.70. The van der Waals surface area contributed by atoms with Crippen LogP contribution < -0.4 is 14.2 Å². The lowest BCUT2D eigenvalue weighted by Crippen LogP contribution is -2.22. The molecule has 4 aromatic rings. The Balaban J connectivity index is 1.10. The van der Waals surface area contributed by atoms with Crippen LogP contribution in [0.15, 0.2) is 122 Å². The summed E-state index contributed by atoms with van der Waals surface area (Å²) in [5.74, 6) is -3.41. The quantitative estimate of drug-likeness (QED) is 0.0908. The van der Waals surface area contributed by atoms with Gasteiger partial charge in [0.05, 0.1) is 12.0 Å². The van der Waals surface area contributed by atoms with Crippen molar-refractivity contribution >= 4 is 23.9 Å². The highest BCUT2D eigenvalue weighted by Gasteiger charge is 2.21. The molecule has 4 aromatic carbocycles. The maximum atomic E-state index is 12.9. The Morgan fingerprint density at radius 2 is 1.00 bits per heavy atom. The molecule has 244 valence electrons. The van der Waals surface area contributed by atoms with Crippen LogP contribution >= 0.6 is 0 Å². The average molecular weight is 649 g/mol. The van der Waals surface area contributed by atoms with Gasteiger partial charge in [0.2, 0.25) is 5.83 Å². The van der Waals surface area contributed by atoms with E-state index in [1.54, 1.807) is 36.4 Å². The van der Waals surface area contributed by atoms with Crippen molar-refractivity contribution in [1.29, 1.82) is 0 Å². The maximum absolute atomic E-state index is 12.9. The molecule has 0 saturated heterocycles. The van der Waals surface area contributed by atoms with E-state index in [4.69, 9.17) is 18.9 Å². The van der Waals surface area contributed by atoms with Gasteiger partial charge in [-0.2, -0.15) is 4.39 Å². The van der Waals surface area contributed by atoms with E-state index in [0.29, 0.717) is 5.56 Å². The summed E-state index contributed by atoms with van der Waals surface area (Å²) >= 11 is 0. The first-order valence-corrected chi connectivity index (χ1v) is 15.4. The smallest absolute Gasteiger partial charge is 0.371 e. The lowest BCUT2D eigenvalue weighted by Gasteiger charge is -2.21.